The van der Waals surface area contributed by atoms with E-state index in [1.165, 1.54) is 34.9 Å². The van der Waals surface area contributed by atoms with Gasteiger partial charge in [-0.3, -0.25) is 15.0 Å². The normalized spacial score (nSPS) is 17.1. The van der Waals surface area contributed by atoms with E-state index < -0.39 is 11.5 Å². The zero-order valence-corrected chi connectivity index (χ0v) is 24.0. The van der Waals surface area contributed by atoms with Gasteiger partial charge in [-0.05, 0) is 39.3 Å². The molecule has 1 saturated heterocycles. The van der Waals surface area contributed by atoms with Crippen LogP contribution in [0.3, 0.4) is 0 Å². The number of hydrogen-bond donors (Lipinski definition) is 1. The van der Waals surface area contributed by atoms with Crippen molar-refractivity contribution in [1.82, 2.24) is 14.9 Å². The number of hydrogen-bond acceptors (Lipinski definition) is 8. The fraction of sp³-hybridized carbons (Fsp3) is 0.333. The lowest BCUT2D eigenvalue weighted by Crippen LogP contribution is -2.33. The molecule has 3 aromatic rings. The summed E-state index contributed by atoms with van der Waals surface area (Å²) >= 11 is 21.0. The molecule has 8 nitrogen and oxygen atoms in total. The summed E-state index contributed by atoms with van der Waals surface area (Å²) in [6.07, 6.45) is 3.73. The number of pyridine rings is 1. The van der Waals surface area contributed by atoms with Crippen LogP contribution in [0.5, 0.6) is 0 Å². The summed E-state index contributed by atoms with van der Waals surface area (Å²) in [5.41, 5.74) is 1.42. The van der Waals surface area contributed by atoms with E-state index in [2.05, 4.69) is 15.2 Å². The predicted octanol–water partition coefficient (Wildman–Crippen LogP) is 7.40. The molecular formula is C24H22Cl3N5O3S2. The highest BCUT2D eigenvalue weighted by molar-refractivity contribution is 7.21. The summed E-state index contributed by atoms with van der Waals surface area (Å²) in [7, 11) is 0. The maximum atomic E-state index is 12.9. The molecule has 1 atom stereocenters. The molecule has 1 unspecified atom stereocenters. The number of ether oxygens (including phenoxy) is 1. The lowest BCUT2D eigenvalue weighted by atomic mass is 10.1. The molecule has 0 bridgehead atoms. The van der Waals surface area contributed by atoms with Crippen molar-refractivity contribution in [2.45, 2.75) is 32.8 Å². The second-order valence-corrected chi connectivity index (χ2v) is 12.7. The van der Waals surface area contributed by atoms with Crippen LogP contribution in [0.15, 0.2) is 35.6 Å². The third-order valence-corrected chi connectivity index (χ3v) is 8.66. The maximum absolute atomic E-state index is 12.9. The molecule has 0 aliphatic carbocycles. The quantitative estimate of drug-likeness (QED) is 0.315. The van der Waals surface area contributed by atoms with Crippen LogP contribution in [0, 0.1) is 5.92 Å². The van der Waals surface area contributed by atoms with Gasteiger partial charge in [0.15, 0.2) is 5.13 Å². The Bertz CT molecular complexity index is 1410. The molecule has 2 aliphatic heterocycles. The summed E-state index contributed by atoms with van der Waals surface area (Å²) in [5, 5.41) is 6.89. The third kappa shape index (κ3) is 5.58. The van der Waals surface area contributed by atoms with Crippen LogP contribution in [0.25, 0.3) is 10.6 Å². The van der Waals surface area contributed by atoms with E-state index in [1.54, 1.807) is 4.90 Å². The zero-order valence-electron chi connectivity index (χ0n) is 20.0. The van der Waals surface area contributed by atoms with Crippen LogP contribution < -0.4 is 10.2 Å². The second kappa shape index (κ2) is 10.1. The van der Waals surface area contributed by atoms with Crippen molar-refractivity contribution in [3.63, 3.8) is 0 Å². The molecule has 3 aromatic heterocycles. The minimum absolute atomic E-state index is 0.125. The molecule has 13 heteroatoms. The van der Waals surface area contributed by atoms with Crippen LogP contribution in [-0.4, -0.2) is 45.6 Å². The van der Waals surface area contributed by atoms with E-state index in [1.807, 2.05) is 38.4 Å². The Hall–Kier alpha value is -2.37. The van der Waals surface area contributed by atoms with Gasteiger partial charge in [0, 0.05) is 42.5 Å². The number of nitrogens with one attached hydrogen (secondary N) is 1. The Morgan fingerprint density at radius 3 is 2.68 bits per heavy atom. The van der Waals surface area contributed by atoms with Gasteiger partial charge in [-0.1, -0.05) is 46.1 Å². The topological polar surface area (TPSA) is 87.7 Å². The Kier molecular flexibility index (Phi) is 7.14. The second-order valence-electron chi connectivity index (χ2n) is 9.58. The van der Waals surface area contributed by atoms with E-state index in [4.69, 9.17) is 44.5 Å². The summed E-state index contributed by atoms with van der Waals surface area (Å²) in [6.45, 7) is 6.87. The first-order valence-corrected chi connectivity index (χ1v) is 14.2. The number of halogens is 3. The molecule has 37 heavy (non-hydrogen) atoms. The third-order valence-electron chi connectivity index (χ3n) is 5.70. The molecule has 0 aromatic carbocycles. The number of carbonyl (C=O) groups is 2. The minimum atomic E-state index is -0.576. The van der Waals surface area contributed by atoms with Gasteiger partial charge in [0.25, 0.3) is 5.91 Å². The molecule has 0 saturated carbocycles. The van der Waals surface area contributed by atoms with Crippen molar-refractivity contribution in [2.75, 3.05) is 23.3 Å². The van der Waals surface area contributed by atoms with Crippen molar-refractivity contribution in [1.29, 1.82) is 0 Å². The average Bonchev–Trinajstić information content (AvgIpc) is 3.57. The van der Waals surface area contributed by atoms with E-state index >= 15 is 0 Å². The lowest BCUT2D eigenvalue weighted by molar-refractivity contribution is 0.0338. The first-order valence-electron chi connectivity index (χ1n) is 11.3. The van der Waals surface area contributed by atoms with Crippen molar-refractivity contribution < 1.29 is 14.3 Å². The Morgan fingerprint density at radius 1 is 1.22 bits per heavy atom. The van der Waals surface area contributed by atoms with E-state index in [0.29, 0.717) is 22.4 Å². The van der Waals surface area contributed by atoms with Crippen LogP contribution in [0.4, 0.5) is 14.9 Å². The summed E-state index contributed by atoms with van der Waals surface area (Å²) in [4.78, 5) is 38.9. The molecule has 5 heterocycles. The molecular weight excluding hydrogens is 577 g/mol. The van der Waals surface area contributed by atoms with Crippen molar-refractivity contribution in [3.05, 3.63) is 56.4 Å². The van der Waals surface area contributed by atoms with E-state index in [0.717, 1.165) is 28.5 Å². The van der Waals surface area contributed by atoms with E-state index in [-0.39, 0.29) is 27.8 Å². The van der Waals surface area contributed by atoms with Crippen LogP contribution in [0.2, 0.25) is 15.2 Å². The standard InChI is InChI=1S/C24H22Cl3N5O3S2/c1-24(2,3)35-23(34)31-9-12-4-5-32(16(12)10-31)21-18(17-7-14(25)11-36-17)29-22(37-21)30-20(33)13-6-15(26)19(27)28-8-13/h6-8,10-12H,4-5,9H2,1-3H3,(H,29,30,33). The van der Waals surface area contributed by atoms with Gasteiger partial charge in [0.2, 0.25) is 0 Å². The number of nitrogens with zero attached hydrogens (tertiary/aromatic N) is 4. The highest BCUT2D eigenvalue weighted by Gasteiger charge is 2.39. The number of rotatable bonds is 4. The Morgan fingerprint density at radius 2 is 2.00 bits per heavy atom. The average molecular weight is 599 g/mol. The smallest absolute Gasteiger partial charge is 0.414 e. The molecule has 1 N–H and O–H groups in total. The molecule has 2 amide bonds. The SMILES string of the molecule is CC(C)(C)OC(=O)N1C=C2C(CCN2c2sc(NC(=O)c3cnc(Cl)c(Cl)c3)nc2-c2cc(Cl)cs2)C1. The number of amides is 2. The van der Waals surface area contributed by atoms with Gasteiger partial charge in [-0.15, -0.1) is 11.3 Å². The molecule has 1 fully saturated rings. The molecule has 2 aliphatic rings. The van der Waals surface area contributed by atoms with Gasteiger partial charge < -0.3 is 9.64 Å². The van der Waals surface area contributed by atoms with Crippen LogP contribution in [0.1, 0.15) is 37.6 Å². The highest BCUT2D eigenvalue weighted by Crippen LogP contribution is 2.47. The lowest BCUT2D eigenvalue weighted by Gasteiger charge is -2.24. The molecule has 194 valence electrons. The zero-order chi connectivity index (χ0) is 26.5. The Labute approximate surface area is 236 Å². The monoisotopic (exact) mass is 597 g/mol. The molecule has 0 radical (unpaired) electrons. The summed E-state index contributed by atoms with van der Waals surface area (Å²) < 4.78 is 5.56. The number of fused-ring (bicyclic) bond motifs is 1. The fourth-order valence-corrected chi connectivity index (χ4v) is 6.54. The van der Waals surface area contributed by atoms with Crippen molar-refractivity contribution >= 4 is 79.6 Å². The maximum Gasteiger partial charge on any atom is 0.414 e. The van der Waals surface area contributed by atoms with Crippen LogP contribution in [-0.2, 0) is 4.74 Å². The number of anilines is 2. The van der Waals surface area contributed by atoms with E-state index in [9.17, 15) is 9.59 Å². The number of thiazole rings is 1. The first-order chi connectivity index (χ1) is 17.5. The van der Waals surface area contributed by atoms with Crippen LogP contribution >= 0.6 is 57.5 Å². The van der Waals surface area contributed by atoms with Crippen molar-refractivity contribution in [2.24, 2.45) is 5.92 Å². The largest absolute Gasteiger partial charge is 0.443 e. The van der Waals surface area contributed by atoms with Crippen molar-refractivity contribution in [3.8, 4) is 10.6 Å². The van der Waals surface area contributed by atoms with Gasteiger partial charge in [-0.2, -0.15) is 0 Å². The van der Waals surface area contributed by atoms with Gasteiger partial charge in [0.05, 0.1) is 20.5 Å². The number of aromatic nitrogens is 2. The van der Waals surface area contributed by atoms with Gasteiger partial charge in [-0.25, -0.2) is 14.8 Å². The fourth-order valence-electron chi connectivity index (χ4n) is 4.12. The molecule has 0 spiro atoms. The number of thiophene rings is 1. The number of carbonyl (C=O) groups excluding carboxylic acids is 2. The summed E-state index contributed by atoms with van der Waals surface area (Å²) in [6, 6.07) is 3.31. The summed E-state index contributed by atoms with van der Waals surface area (Å²) in [5.74, 6) is -0.215. The minimum Gasteiger partial charge on any atom is -0.443 e. The predicted molar refractivity (Wildman–Crippen MR) is 149 cm³/mol. The van der Waals surface area contributed by atoms with Gasteiger partial charge >= 0.3 is 6.09 Å². The first kappa shape index (κ1) is 26.2. The Balaban J connectivity index is 1.46. The molecule has 5 rings (SSSR count). The van der Waals surface area contributed by atoms with Gasteiger partial charge in [0.1, 0.15) is 21.4 Å². The highest BCUT2D eigenvalue weighted by atomic mass is 35.5.